The minimum absolute atomic E-state index is 0.711. The third-order valence-corrected chi connectivity index (χ3v) is 5.29. The summed E-state index contributed by atoms with van der Waals surface area (Å²) >= 11 is 0. The van der Waals surface area contributed by atoms with Gasteiger partial charge in [-0.2, -0.15) is 0 Å². The van der Waals surface area contributed by atoms with Crippen molar-refractivity contribution in [1.82, 2.24) is 9.80 Å². The van der Waals surface area contributed by atoms with Gasteiger partial charge in [0.25, 0.3) is 0 Å². The van der Waals surface area contributed by atoms with Crippen LogP contribution in [-0.2, 0) is 0 Å². The molecule has 1 atom stereocenters. The summed E-state index contributed by atoms with van der Waals surface area (Å²) in [5.74, 6) is 1.73. The van der Waals surface area contributed by atoms with Crippen molar-refractivity contribution in [3.05, 3.63) is 0 Å². The van der Waals surface area contributed by atoms with Crippen LogP contribution >= 0.6 is 0 Å². The van der Waals surface area contributed by atoms with Gasteiger partial charge in [0.2, 0.25) is 0 Å². The van der Waals surface area contributed by atoms with Crippen LogP contribution < -0.4 is 0 Å². The van der Waals surface area contributed by atoms with Crippen molar-refractivity contribution in [3.8, 4) is 0 Å². The molecule has 2 heterocycles. The van der Waals surface area contributed by atoms with Crippen LogP contribution in [-0.4, -0.2) is 49.1 Å². The molecule has 2 nitrogen and oxygen atoms in total. The van der Waals surface area contributed by atoms with E-state index in [1.54, 1.807) is 0 Å². The van der Waals surface area contributed by atoms with E-state index in [0.717, 1.165) is 11.8 Å². The number of likely N-dealkylation sites (tertiary alicyclic amines) is 2. The minimum atomic E-state index is 0.711. The standard InChI is InChI=1S/C17H34N2/c1-5-16(4)6-9-19-13-17(14-19)7-10-18(11-8-17)12-15(2)3/h15-16H,5-14H2,1-4H3. The summed E-state index contributed by atoms with van der Waals surface area (Å²) in [7, 11) is 0. The van der Waals surface area contributed by atoms with Crippen LogP contribution in [0.1, 0.15) is 53.4 Å². The molecule has 0 N–H and O–H groups in total. The molecule has 0 radical (unpaired) electrons. The van der Waals surface area contributed by atoms with Crippen LogP contribution in [0, 0.1) is 17.3 Å². The van der Waals surface area contributed by atoms with E-state index in [0.29, 0.717) is 5.41 Å². The van der Waals surface area contributed by atoms with Gasteiger partial charge in [-0.05, 0) is 56.1 Å². The van der Waals surface area contributed by atoms with E-state index in [-0.39, 0.29) is 0 Å². The van der Waals surface area contributed by atoms with E-state index in [1.807, 2.05) is 0 Å². The van der Waals surface area contributed by atoms with Crippen LogP contribution in [0.15, 0.2) is 0 Å². The van der Waals surface area contributed by atoms with Gasteiger partial charge in [0.05, 0.1) is 0 Å². The summed E-state index contributed by atoms with van der Waals surface area (Å²) in [6.07, 6.45) is 5.62. The lowest BCUT2D eigenvalue weighted by Gasteiger charge is -2.54. The van der Waals surface area contributed by atoms with Crippen LogP contribution in [0.3, 0.4) is 0 Å². The second-order valence-electron chi connectivity index (χ2n) is 7.71. The molecule has 0 amide bonds. The highest BCUT2D eigenvalue weighted by molar-refractivity contribution is 4.98. The minimum Gasteiger partial charge on any atom is -0.303 e. The van der Waals surface area contributed by atoms with Crippen molar-refractivity contribution in [3.63, 3.8) is 0 Å². The molecule has 0 aromatic carbocycles. The van der Waals surface area contributed by atoms with Gasteiger partial charge >= 0.3 is 0 Å². The molecule has 2 saturated heterocycles. The Balaban J connectivity index is 1.64. The average molecular weight is 266 g/mol. The summed E-state index contributed by atoms with van der Waals surface area (Å²) in [6.45, 7) is 17.5. The van der Waals surface area contributed by atoms with Crippen molar-refractivity contribution in [2.45, 2.75) is 53.4 Å². The SMILES string of the molecule is CCC(C)CCN1CC2(CCN(CC(C)C)CC2)C1. The van der Waals surface area contributed by atoms with Crippen molar-refractivity contribution >= 4 is 0 Å². The fraction of sp³-hybridized carbons (Fsp3) is 1.00. The van der Waals surface area contributed by atoms with Gasteiger partial charge < -0.3 is 9.80 Å². The molecule has 1 spiro atoms. The lowest BCUT2D eigenvalue weighted by molar-refractivity contribution is -0.0495. The summed E-state index contributed by atoms with van der Waals surface area (Å²) in [5.41, 5.74) is 0.711. The van der Waals surface area contributed by atoms with E-state index >= 15 is 0 Å². The fourth-order valence-corrected chi connectivity index (χ4v) is 3.71. The molecule has 19 heavy (non-hydrogen) atoms. The first-order valence-corrected chi connectivity index (χ1v) is 8.48. The van der Waals surface area contributed by atoms with Gasteiger partial charge in [-0.1, -0.05) is 34.1 Å². The highest BCUT2D eigenvalue weighted by Crippen LogP contribution is 2.40. The van der Waals surface area contributed by atoms with E-state index < -0.39 is 0 Å². The molecule has 2 rings (SSSR count). The molecule has 2 aliphatic heterocycles. The predicted molar refractivity (Wildman–Crippen MR) is 83.5 cm³/mol. The maximum atomic E-state index is 2.70. The molecule has 112 valence electrons. The lowest BCUT2D eigenvalue weighted by atomic mass is 9.71. The van der Waals surface area contributed by atoms with Crippen molar-refractivity contribution in [1.29, 1.82) is 0 Å². The maximum Gasteiger partial charge on any atom is 0.00514 e. The molecule has 1 unspecified atom stereocenters. The summed E-state index contributed by atoms with van der Waals surface area (Å²) in [6, 6.07) is 0. The van der Waals surface area contributed by atoms with Crippen molar-refractivity contribution in [2.24, 2.45) is 17.3 Å². The smallest absolute Gasteiger partial charge is 0.00514 e. The van der Waals surface area contributed by atoms with Crippen molar-refractivity contribution < 1.29 is 0 Å². The summed E-state index contributed by atoms with van der Waals surface area (Å²) in [5, 5.41) is 0. The number of nitrogens with zero attached hydrogens (tertiary/aromatic N) is 2. The topological polar surface area (TPSA) is 6.48 Å². The Morgan fingerprint density at radius 2 is 1.63 bits per heavy atom. The largest absolute Gasteiger partial charge is 0.303 e. The second-order valence-corrected chi connectivity index (χ2v) is 7.71. The number of rotatable bonds is 6. The van der Waals surface area contributed by atoms with Gasteiger partial charge in [0.15, 0.2) is 0 Å². The van der Waals surface area contributed by atoms with E-state index in [2.05, 4.69) is 37.5 Å². The van der Waals surface area contributed by atoms with Crippen LogP contribution in [0.5, 0.6) is 0 Å². The Morgan fingerprint density at radius 1 is 1.00 bits per heavy atom. The van der Waals surface area contributed by atoms with E-state index in [1.165, 1.54) is 65.0 Å². The highest BCUT2D eigenvalue weighted by Gasteiger charge is 2.44. The van der Waals surface area contributed by atoms with E-state index in [4.69, 9.17) is 0 Å². The number of hydrogen-bond acceptors (Lipinski definition) is 2. The molecule has 0 bridgehead atoms. The quantitative estimate of drug-likeness (QED) is 0.726. The third kappa shape index (κ3) is 4.19. The highest BCUT2D eigenvalue weighted by atomic mass is 15.2. The first kappa shape index (κ1) is 15.3. The lowest BCUT2D eigenvalue weighted by Crippen LogP contribution is -2.60. The van der Waals surface area contributed by atoms with Gasteiger partial charge in [-0.3, -0.25) is 0 Å². The zero-order chi connectivity index (χ0) is 13.9. The van der Waals surface area contributed by atoms with Gasteiger partial charge in [0.1, 0.15) is 0 Å². The number of hydrogen-bond donors (Lipinski definition) is 0. The first-order valence-electron chi connectivity index (χ1n) is 8.48. The van der Waals surface area contributed by atoms with Gasteiger partial charge in [-0.25, -0.2) is 0 Å². The normalized spacial score (nSPS) is 25.7. The Kier molecular flexibility index (Phi) is 5.30. The van der Waals surface area contributed by atoms with E-state index in [9.17, 15) is 0 Å². The molecule has 2 heteroatoms. The third-order valence-electron chi connectivity index (χ3n) is 5.29. The Bertz CT molecular complexity index is 258. The Labute approximate surface area is 120 Å². The Morgan fingerprint density at radius 3 is 2.16 bits per heavy atom. The molecular weight excluding hydrogens is 232 g/mol. The zero-order valence-corrected chi connectivity index (χ0v) is 13.6. The molecule has 2 aliphatic rings. The summed E-state index contributed by atoms with van der Waals surface area (Å²) < 4.78 is 0. The van der Waals surface area contributed by atoms with Gasteiger partial charge in [0, 0.05) is 19.6 Å². The molecule has 0 aliphatic carbocycles. The summed E-state index contributed by atoms with van der Waals surface area (Å²) in [4.78, 5) is 5.38. The van der Waals surface area contributed by atoms with Crippen LogP contribution in [0.25, 0.3) is 0 Å². The first-order chi connectivity index (χ1) is 9.03. The second kappa shape index (κ2) is 6.58. The van der Waals surface area contributed by atoms with Crippen LogP contribution in [0.4, 0.5) is 0 Å². The average Bonchev–Trinajstić information content (AvgIpc) is 2.34. The van der Waals surface area contributed by atoms with Crippen LogP contribution in [0.2, 0.25) is 0 Å². The predicted octanol–water partition coefficient (Wildman–Crippen LogP) is 3.48. The Hall–Kier alpha value is -0.0800. The number of piperidine rings is 1. The zero-order valence-electron chi connectivity index (χ0n) is 13.6. The van der Waals surface area contributed by atoms with Crippen molar-refractivity contribution in [2.75, 3.05) is 39.3 Å². The fourth-order valence-electron chi connectivity index (χ4n) is 3.71. The molecular formula is C17H34N2. The monoisotopic (exact) mass is 266 g/mol. The molecule has 2 fully saturated rings. The maximum absolute atomic E-state index is 2.70. The molecule has 0 aromatic heterocycles. The van der Waals surface area contributed by atoms with Gasteiger partial charge in [-0.15, -0.1) is 0 Å². The molecule has 0 saturated carbocycles. The molecule has 0 aromatic rings.